The fourth-order valence-corrected chi connectivity index (χ4v) is 2.95. The number of aromatic nitrogens is 1. The minimum atomic E-state index is 0.748. The minimum Gasteiger partial charge on any atom is -0.497 e. The van der Waals surface area contributed by atoms with Crippen LogP contribution in [0.2, 0.25) is 0 Å². The van der Waals surface area contributed by atoms with Gasteiger partial charge in [0.05, 0.1) is 25.6 Å². The van der Waals surface area contributed by atoms with Crippen molar-refractivity contribution in [2.75, 3.05) is 19.5 Å². The Kier molecular flexibility index (Phi) is 4.48. The van der Waals surface area contributed by atoms with Gasteiger partial charge in [-0.05, 0) is 19.1 Å². The molecule has 1 heterocycles. The van der Waals surface area contributed by atoms with E-state index in [0.29, 0.717) is 0 Å². The van der Waals surface area contributed by atoms with Crippen LogP contribution in [0.5, 0.6) is 11.5 Å². The number of hydrogen-bond donors (Lipinski definition) is 1. The van der Waals surface area contributed by atoms with Crippen molar-refractivity contribution < 1.29 is 9.47 Å². The van der Waals surface area contributed by atoms with E-state index in [2.05, 4.69) is 41.5 Å². The molecule has 3 rings (SSSR count). The Bertz CT molecular complexity index is 797. The summed E-state index contributed by atoms with van der Waals surface area (Å²) in [6, 6.07) is 14.0. The van der Waals surface area contributed by atoms with E-state index >= 15 is 0 Å². The summed E-state index contributed by atoms with van der Waals surface area (Å²) >= 11 is 1.56. The highest BCUT2D eigenvalue weighted by atomic mass is 32.1. The van der Waals surface area contributed by atoms with Crippen molar-refractivity contribution in [3.05, 3.63) is 53.4 Å². The van der Waals surface area contributed by atoms with Gasteiger partial charge in [0, 0.05) is 17.0 Å². The molecule has 0 bridgehead atoms. The number of methoxy groups -OCH3 is 2. The quantitative estimate of drug-likeness (QED) is 0.726. The van der Waals surface area contributed by atoms with Gasteiger partial charge in [0.15, 0.2) is 5.13 Å². The standard InChI is InChI=1S/C18H18N2O2S/c1-12-4-6-13(7-5-12)16-11-23-18(20-16)19-15-10-14(21-2)8-9-17(15)22-3/h4-11H,1-3H3,(H,19,20). The van der Waals surface area contributed by atoms with Gasteiger partial charge in [-0.15, -0.1) is 11.3 Å². The van der Waals surface area contributed by atoms with Crippen molar-refractivity contribution in [3.63, 3.8) is 0 Å². The fourth-order valence-electron chi connectivity index (χ4n) is 2.22. The lowest BCUT2D eigenvalue weighted by atomic mass is 10.1. The summed E-state index contributed by atoms with van der Waals surface area (Å²) in [5, 5.41) is 6.16. The Morgan fingerprint density at radius 1 is 1.00 bits per heavy atom. The summed E-state index contributed by atoms with van der Waals surface area (Å²) in [5.41, 5.74) is 4.14. The summed E-state index contributed by atoms with van der Waals surface area (Å²) in [4.78, 5) is 4.65. The Morgan fingerprint density at radius 2 is 1.78 bits per heavy atom. The molecule has 2 aromatic carbocycles. The normalized spacial score (nSPS) is 10.4. The summed E-state index contributed by atoms with van der Waals surface area (Å²) in [5.74, 6) is 1.52. The van der Waals surface area contributed by atoms with E-state index in [9.17, 15) is 0 Å². The lowest BCUT2D eigenvalue weighted by Crippen LogP contribution is -1.95. The van der Waals surface area contributed by atoms with Gasteiger partial charge in [0.1, 0.15) is 11.5 Å². The Morgan fingerprint density at radius 3 is 2.48 bits per heavy atom. The molecule has 0 atom stereocenters. The molecule has 0 amide bonds. The predicted molar refractivity (Wildman–Crippen MR) is 95.1 cm³/mol. The molecule has 0 saturated carbocycles. The third-order valence-electron chi connectivity index (χ3n) is 3.50. The summed E-state index contributed by atoms with van der Waals surface area (Å²) in [6.07, 6.45) is 0. The van der Waals surface area contributed by atoms with E-state index in [1.165, 1.54) is 5.56 Å². The van der Waals surface area contributed by atoms with Crippen LogP contribution >= 0.6 is 11.3 Å². The van der Waals surface area contributed by atoms with Crippen molar-refractivity contribution in [1.29, 1.82) is 0 Å². The maximum absolute atomic E-state index is 5.38. The van der Waals surface area contributed by atoms with E-state index < -0.39 is 0 Å². The molecule has 4 nitrogen and oxygen atoms in total. The highest BCUT2D eigenvalue weighted by Gasteiger charge is 2.09. The topological polar surface area (TPSA) is 43.4 Å². The lowest BCUT2D eigenvalue weighted by Gasteiger charge is -2.10. The van der Waals surface area contributed by atoms with Crippen molar-refractivity contribution in [1.82, 2.24) is 4.98 Å². The van der Waals surface area contributed by atoms with Crippen molar-refractivity contribution in [3.8, 4) is 22.8 Å². The first kappa shape index (κ1) is 15.4. The van der Waals surface area contributed by atoms with Gasteiger partial charge in [-0.1, -0.05) is 29.8 Å². The number of rotatable bonds is 5. The third kappa shape index (κ3) is 3.46. The van der Waals surface area contributed by atoms with E-state index in [4.69, 9.17) is 9.47 Å². The second-order valence-corrected chi connectivity index (χ2v) is 5.95. The Hall–Kier alpha value is -2.53. The average molecular weight is 326 g/mol. The largest absolute Gasteiger partial charge is 0.497 e. The predicted octanol–water partition coefficient (Wildman–Crippen LogP) is 4.88. The maximum atomic E-state index is 5.38. The number of nitrogens with one attached hydrogen (secondary N) is 1. The van der Waals surface area contributed by atoms with E-state index in [1.54, 1.807) is 25.6 Å². The molecule has 0 radical (unpaired) electrons. The van der Waals surface area contributed by atoms with Crippen LogP contribution in [0.25, 0.3) is 11.3 Å². The molecule has 0 spiro atoms. The minimum absolute atomic E-state index is 0.748. The summed E-state index contributed by atoms with van der Waals surface area (Å²) in [7, 11) is 3.29. The first-order chi connectivity index (χ1) is 11.2. The van der Waals surface area contributed by atoms with Crippen molar-refractivity contribution in [2.24, 2.45) is 0 Å². The van der Waals surface area contributed by atoms with Crippen LogP contribution in [-0.4, -0.2) is 19.2 Å². The molecule has 0 aliphatic carbocycles. The molecule has 1 aromatic heterocycles. The van der Waals surface area contributed by atoms with Crippen molar-refractivity contribution >= 4 is 22.2 Å². The Balaban J connectivity index is 1.85. The van der Waals surface area contributed by atoms with Gasteiger partial charge in [-0.3, -0.25) is 0 Å². The molecule has 5 heteroatoms. The summed E-state index contributed by atoms with van der Waals surface area (Å²) in [6.45, 7) is 2.08. The number of ether oxygens (including phenoxy) is 2. The van der Waals surface area contributed by atoms with Gasteiger partial charge in [-0.2, -0.15) is 0 Å². The van der Waals surface area contributed by atoms with Crippen LogP contribution in [0.1, 0.15) is 5.56 Å². The lowest BCUT2D eigenvalue weighted by molar-refractivity contribution is 0.405. The maximum Gasteiger partial charge on any atom is 0.187 e. The van der Waals surface area contributed by atoms with Gasteiger partial charge < -0.3 is 14.8 Å². The highest BCUT2D eigenvalue weighted by Crippen LogP contribution is 2.33. The van der Waals surface area contributed by atoms with Gasteiger partial charge in [0.2, 0.25) is 0 Å². The molecule has 118 valence electrons. The molecule has 3 aromatic rings. The zero-order chi connectivity index (χ0) is 16.2. The third-order valence-corrected chi connectivity index (χ3v) is 4.26. The molecule has 0 saturated heterocycles. The number of hydrogen-bond acceptors (Lipinski definition) is 5. The second-order valence-electron chi connectivity index (χ2n) is 5.10. The molecule has 0 aliphatic rings. The number of anilines is 2. The van der Waals surface area contributed by atoms with Crippen LogP contribution < -0.4 is 14.8 Å². The van der Waals surface area contributed by atoms with E-state index in [-0.39, 0.29) is 0 Å². The van der Waals surface area contributed by atoms with Crippen LogP contribution in [0, 0.1) is 6.92 Å². The number of aryl methyl sites for hydroxylation is 1. The number of benzene rings is 2. The second kappa shape index (κ2) is 6.71. The SMILES string of the molecule is COc1ccc(OC)c(Nc2nc(-c3ccc(C)cc3)cs2)c1. The van der Waals surface area contributed by atoms with Crippen LogP contribution in [-0.2, 0) is 0 Å². The van der Waals surface area contributed by atoms with Gasteiger partial charge >= 0.3 is 0 Å². The first-order valence-corrected chi connectivity index (χ1v) is 8.09. The summed E-state index contributed by atoms with van der Waals surface area (Å²) < 4.78 is 10.6. The number of nitrogens with zero attached hydrogens (tertiary/aromatic N) is 1. The molecular weight excluding hydrogens is 308 g/mol. The molecular formula is C18H18N2O2S. The average Bonchev–Trinajstić information content (AvgIpc) is 3.04. The zero-order valence-corrected chi connectivity index (χ0v) is 14.1. The van der Waals surface area contributed by atoms with E-state index in [0.717, 1.165) is 33.6 Å². The van der Waals surface area contributed by atoms with Crippen LogP contribution in [0.3, 0.4) is 0 Å². The molecule has 23 heavy (non-hydrogen) atoms. The van der Waals surface area contributed by atoms with Crippen molar-refractivity contribution in [2.45, 2.75) is 6.92 Å². The monoisotopic (exact) mass is 326 g/mol. The van der Waals surface area contributed by atoms with Crippen LogP contribution in [0.4, 0.5) is 10.8 Å². The number of thiazole rings is 1. The van der Waals surface area contributed by atoms with E-state index in [1.807, 2.05) is 23.6 Å². The Labute approximate surface area is 139 Å². The molecule has 0 unspecified atom stereocenters. The molecule has 1 N–H and O–H groups in total. The molecule has 0 aliphatic heterocycles. The smallest absolute Gasteiger partial charge is 0.187 e. The first-order valence-electron chi connectivity index (χ1n) is 7.21. The van der Waals surface area contributed by atoms with Gasteiger partial charge in [-0.25, -0.2) is 4.98 Å². The molecule has 0 fully saturated rings. The van der Waals surface area contributed by atoms with Gasteiger partial charge in [0.25, 0.3) is 0 Å². The fraction of sp³-hybridized carbons (Fsp3) is 0.167. The zero-order valence-electron chi connectivity index (χ0n) is 13.3. The highest BCUT2D eigenvalue weighted by molar-refractivity contribution is 7.14. The van der Waals surface area contributed by atoms with Crippen LogP contribution in [0.15, 0.2) is 47.8 Å².